The number of amides is 1. The molecule has 8 heteroatoms. The molecule has 0 radical (unpaired) electrons. The zero-order chi connectivity index (χ0) is 27.3. The average molecular weight is 551 g/mol. The smallest absolute Gasteiger partial charge is 0.303 e. The lowest BCUT2D eigenvalue weighted by atomic mass is 10.1. The van der Waals surface area contributed by atoms with Crippen LogP contribution in [0.4, 0.5) is 0 Å². The molecule has 3 aromatic rings. The van der Waals surface area contributed by atoms with Gasteiger partial charge in [0.25, 0.3) is 5.91 Å². The van der Waals surface area contributed by atoms with Gasteiger partial charge in [-0.25, -0.2) is 0 Å². The molecule has 1 aliphatic heterocycles. The van der Waals surface area contributed by atoms with Crippen LogP contribution >= 0.6 is 11.3 Å². The molecule has 0 spiro atoms. The Morgan fingerprint density at radius 3 is 2.49 bits per heavy atom. The molecule has 1 aromatic heterocycles. The maximum Gasteiger partial charge on any atom is 0.303 e. The van der Waals surface area contributed by atoms with E-state index in [2.05, 4.69) is 21.7 Å². The third-order valence-electron chi connectivity index (χ3n) is 6.91. The van der Waals surface area contributed by atoms with E-state index in [4.69, 9.17) is 14.6 Å². The number of unbranched alkanes of at least 4 members (excludes halogenated alkanes) is 2. The van der Waals surface area contributed by atoms with Crippen LogP contribution in [-0.4, -0.2) is 72.8 Å². The summed E-state index contributed by atoms with van der Waals surface area (Å²) in [6, 6.07) is 17.8. The maximum atomic E-state index is 13.7. The summed E-state index contributed by atoms with van der Waals surface area (Å²) in [4.78, 5) is 28.8. The predicted octanol–water partition coefficient (Wildman–Crippen LogP) is 5.80. The van der Waals surface area contributed by atoms with E-state index < -0.39 is 5.97 Å². The van der Waals surface area contributed by atoms with Gasteiger partial charge in [0.2, 0.25) is 0 Å². The van der Waals surface area contributed by atoms with Crippen LogP contribution in [0.5, 0.6) is 5.75 Å². The average Bonchev–Trinajstić information content (AvgIpc) is 3.50. The van der Waals surface area contributed by atoms with E-state index in [-0.39, 0.29) is 12.3 Å². The first-order valence-electron chi connectivity index (χ1n) is 13.7. The number of nitrogens with zero attached hydrogens (tertiary/aromatic N) is 2. The van der Waals surface area contributed by atoms with Gasteiger partial charge in [-0.05, 0) is 71.8 Å². The SMILES string of the molecule is O=C(O)CCCCCOc1ccccc1CN(CCCN1CCOCC1)C(=O)c1ccc(-c2ccsc2)cc1. The number of rotatable bonds is 15. The largest absolute Gasteiger partial charge is 0.493 e. The highest BCUT2D eigenvalue weighted by Crippen LogP contribution is 2.25. The molecule has 0 saturated carbocycles. The number of hydrogen-bond donors (Lipinski definition) is 1. The van der Waals surface area contributed by atoms with Crippen molar-refractivity contribution in [3.8, 4) is 16.9 Å². The Morgan fingerprint density at radius 2 is 1.74 bits per heavy atom. The number of aliphatic carboxylic acids is 1. The van der Waals surface area contributed by atoms with Crippen LogP contribution in [-0.2, 0) is 16.1 Å². The van der Waals surface area contributed by atoms with Crippen LogP contribution in [0.15, 0.2) is 65.4 Å². The van der Waals surface area contributed by atoms with Crippen LogP contribution in [0.25, 0.3) is 11.1 Å². The second-order valence-corrected chi connectivity index (χ2v) is 10.6. The van der Waals surface area contributed by atoms with E-state index in [1.54, 1.807) is 11.3 Å². The predicted molar refractivity (Wildman–Crippen MR) is 154 cm³/mol. The number of ether oxygens (including phenoxy) is 2. The Labute approximate surface area is 235 Å². The number of carboxylic acid groups (broad SMARTS) is 1. The summed E-state index contributed by atoms with van der Waals surface area (Å²) in [7, 11) is 0. The number of morpholine rings is 1. The number of carbonyl (C=O) groups excluding carboxylic acids is 1. The minimum Gasteiger partial charge on any atom is -0.493 e. The highest BCUT2D eigenvalue weighted by Gasteiger charge is 2.19. The molecule has 1 fully saturated rings. The molecule has 0 atom stereocenters. The van der Waals surface area contributed by atoms with Crippen LogP contribution in [0.2, 0.25) is 0 Å². The van der Waals surface area contributed by atoms with E-state index in [1.807, 2.05) is 53.4 Å². The Bertz CT molecular complexity index is 1160. The molecule has 7 nitrogen and oxygen atoms in total. The lowest BCUT2D eigenvalue weighted by Crippen LogP contribution is -2.39. The zero-order valence-corrected chi connectivity index (χ0v) is 23.2. The van der Waals surface area contributed by atoms with E-state index in [0.29, 0.717) is 31.7 Å². The van der Waals surface area contributed by atoms with Crippen LogP contribution in [0.3, 0.4) is 0 Å². The van der Waals surface area contributed by atoms with Crippen molar-refractivity contribution in [2.24, 2.45) is 0 Å². The van der Waals surface area contributed by atoms with Gasteiger partial charge in [-0.1, -0.05) is 30.3 Å². The highest BCUT2D eigenvalue weighted by molar-refractivity contribution is 7.08. The summed E-state index contributed by atoms with van der Waals surface area (Å²) in [6.45, 7) is 5.95. The number of benzene rings is 2. The van der Waals surface area contributed by atoms with Crippen molar-refractivity contribution in [1.82, 2.24) is 9.80 Å². The highest BCUT2D eigenvalue weighted by atomic mass is 32.1. The standard InChI is InChI=1S/C31H38N2O5S/c34-30(35)9-2-1-5-19-38-29-8-4-3-7-27(29)23-33(16-6-15-32-17-20-37-21-18-32)31(36)26-12-10-25(11-13-26)28-14-22-39-24-28/h3-4,7-8,10-14,22,24H,1-2,5-6,9,15-21,23H2,(H,34,35). The molecular weight excluding hydrogens is 512 g/mol. The fourth-order valence-corrected chi connectivity index (χ4v) is 5.36. The monoisotopic (exact) mass is 550 g/mol. The van der Waals surface area contributed by atoms with Gasteiger partial charge in [-0.15, -0.1) is 0 Å². The second kappa shape index (κ2) is 15.4. The first kappa shape index (κ1) is 28.8. The molecule has 39 heavy (non-hydrogen) atoms. The van der Waals surface area contributed by atoms with Gasteiger partial charge in [0, 0.05) is 50.3 Å². The minimum absolute atomic E-state index is 0.0114. The third kappa shape index (κ3) is 9.20. The molecule has 2 aromatic carbocycles. The molecule has 1 amide bonds. The zero-order valence-electron chi connectivity index (χ0n) is 22.4. The lowest BCUT2D eigenvalue weighted by molar-refractivity contribution is -0.137. The number of para-hydroxylation sites is 1. The molecule has 0 aliphatic carbocycles. The summed E-state index contributed by atoms with van der Waals surface area (Å²) in [5.41, 5.74) is 3.92. The first-order chi connectivity index (χ1) is 19.1. The fraction of sp³-hybridized carbons (Fsp3) is 0.419. The van der Waals surface area contributed by atoms with Crippen molar-refractivity contribution in [2.75, 3.05) is 46.0 Å². The van der Waals surface area contributed by atoms with E-state index in [0.717, 1.165) is 74.6 Å². The van der Waals surface area contributed by atoms with Crippen molar-refractivity contribution in [3.05, 3.63) is 76.5 Å². The van der Waals surface area contributed by atoms with E-state index in [9.17, 15) is 9.59 Å². The normalized spacial score (nSPS) is 13.7. The van der Waals surface area contributed by atoms with Crippen molar-refractivity contribution in [2.45, 2.75) is 38.6 Å². The van der Waals surface area contributed by atoms with Crippen molar-refractivity contribution >= 4 is 23.2 Å². The molecule has 1 saturated heterocycles. The van der Waals surface area contributed by atoms with Gasteiger partial charge >= 0.3 is 5.97 Å². The van der Waals surface area contributed by atoms with Crippen LogP contribution in [0, 0.1) is 0 Å². The third-order valence-corrected chi connectivity index (χ3v) is 7.59. The van der Waals surface area contributed by atoms with Gasteiger partial charge in [-0.3, -0.25) is 14.5 Å². The van der Waals surface area contributed by atoms with Crippen LogP contribution in [0.1, 0.15) is 48.0 Å². The van der Waals surface area contributed by atoms with Crippen molar-refractivity contribution < 1.29 is 24.2 Å². The number of carboxylic acids is 1. The van der Waals surface area contributed by atoms with E-state index >= 15 is 0 Å². The van der Waals surface area contributed by atoms with Crippen LogP contribution < -0.4 is 4.74 Å². The van der Waals surface area contributed by atoms with Gasteiger partial charge in [0.1, 0.15) is 5.75 Å². The quantitative estimate of drug-likeness (QED) is 0.241. The number of carbonyl (C=O) groups is 2. The molecule has 0 unspecified atom stereocenters. The Morgan fingerprint density at radius 1 is 0.949 bits per heavy atom. The van der Waals surface area contributed by atoms with Gasteiger partial charge in [-0.2, -0.15) is 11.3 Å². The first-order valence-corrected chi connectivity index (χ1v) is 14.7. The molecule has 1 aliphatic rings. The van der Waals surface area contributed by atoms with Gasteiger partial charge in [0.15, 0.2) is 0 Å². The second-order valence-electron chi connectivity index (χ2n) is 9.78. The maximum absolute atomic E-state index is 13.7. The Kier molecular flexibility index (Phi) is 11.4. The Hall–Kier alpha value is -3.20. The summed E-state index contributed by atoms with van der Waals surface area (Å²) < 4.78 is 11.6. The summed E-state index contributed by atoms with van der Waals surface area (Å²) in [6.07, 6.45) is 3.32. The molecule has 2 heterocycles. The summed E-state index contributed by atoms with van der Waals surface area (Å²) in [5, 5.41) is 13.0. The van der Waals surface area contributed by atoms with E-state index in [1.165, 1.54) is 0 Å². The number of hydrogen-bond acceptors (Lipinski definition) is 6. The molecule has 1 N–H and O–H groups in total. The lowest BCUT2D eigenvalue weighted by Gasteiger charge is -2.29. The molecular formula is C31H38N2O5S. The van der Waals surface area contributed by atoms with Gasteiger partial charge in [0.05, 0.1) is 19.8 Å². The Balaban J connectivity index is 1.41. The summed E-state index contributed by atoms with van der Waals surface area (Å²) in [5.74, 6) is 0.0209. The summed E-state index contributed by atoms with van der Waals surface area (Å²) >= 11 is 1.66. The topological polar surface area (TPSA) is 79.3 Å². The minimum atomic E-state index is -0.763. The molecule has 0 bridgehead atoms. The molecule has 4 rings (SSSR count). The molecule has 208 valence electrons. The van der Waals surface area contributed by atoms with Crippen molar-refractivity contribution in [1.29, 1.82) is 0 Å². The number of thiophene rings is 1. The van der Waals surface area contributed by atoms with Crippen molar-refractivity contribution in [3.63, 3.8) is 0 Å². The fourth-order valence-electron chi connectivity index (χ4n) is 4.70. The van der Waals surface area contributed by atoms with Gasteiger partial charge < -0.3 is 19.5 Å².